The molecule has 2 aliphatic heterocycles. The number of ether oxygens (including phenoxy) is 1. The molecule has 0 radical (unpaired) electrons. The molecule has 2 aliphatic rings. The fraction of sp³-hybridized carbons (Fsp3) is 0.259. The second-order valence-electron chi connectivity index (χ2n) is 8.68. The third kappa shape index (κ3) is 3.89. The van der Waals surface area contributed by atoms with Gasteiger partial charge in [-0.05, 0) is 49.4 Å². The number of piperazine rings is 1. The predicted octanol–water partition coefficient (Wildman–Crippen LogP) is 3.47. The smallest absolute Gasteiger partial charge is 0.259 e. The van der Waals surface area contributed by atoms with Gasteiger partial charge in [-0.3, -0.25) is 9.59 Å². The normalized spacial score (nSPS) is 16.7. The molecule has 0 saturated carbocycles. The van der Waals surface area contributed by atoms with Crippen molar-refractivity contribution in [3.05, 3.63) is 77.9 Å². The van der Waals surface area contributed by atoms with Crippen LogP contribution in [0.3, 0.4) is 0 Å². The van der Waals surface area contributed by atoms with E-state index in [4.69, 9.17) is 4.74 Å². The minimum absolute atomic E-state index is 0.0151. The zero-order valence-electron chi connectivity index (χ0n) is 20.2. The van der Waals surface area contributed by atoms with E-state index in [0.717, 1.165) is 11.4 Å². The lowest BCUT2D eigenvalue weighted by Gasteiger charge is -2.36. The van der Waals surface area contributed by atoms with Crippen LogP contribution < -0.4 is 14.5 Å². The minimum atomic E-state index is -3.93. The van der Waals surface area contributed by atoms with Crippen molar-refractivity contribution in [3.63, 3.8) is 0 Å². The highest BCUT2D eigenvalue weighted by Gasteiger charge is 2.36. The fourth-order valence-corrected chi connectivity index (χ4v) is 6.51. The first-order chi connectivity index (χ1) is 17.4. The van der Waals surface area contributed by atoms with Gasteiger partial charge in [-0.2, -0.15) is 0 Å². The maximum atomic E-state index is 13.4. The number of sulfone groups is 1. The predicted molar refractivity (Wildman–Crippen MR) is 137 cm³/mol. The van der Waals surface area contributed by atoms with Gasteiger partial charge in [0, 0.05) is 38.3 Å². The topological polar surface area (TPSA) is 87.2 Å². The zero-order valence-corrected chi connectivity index (χ0v) is 21.0. The van der Waals surface area contributed by atoms with Gasteiger partial charge in [0.15, 0.2) is 0 Å². The summed E-state index contributed by atoms with van der Waals surface area (Å²) in [4.78, 5) is 32.1. The monoisotopic (exact) mass is 505 g/mol. The molecule has 1 fully saturated rings. The molecular formula is C27H27N3O5S. The number of hydrogen-bond donors (Lipinski definition) is 0. The van der Waals surface area contributed by atoms with Gasteiger partial charge in [0.1, 0.15) is 5.75 Å². The number of hydrogen-bond acceptors (Lipinski definition) is 6. The number of carbonyl (C=O) groups is 2. The SMILES string of the molecule is CCN1C(=O)c2ccccc2S(=O)(=O)c2ccc(C(=O)N3CCN(c4ccccc4OC)CC3)cc21. The van der Waals surface area contributed by atoms with Crippen LogP contribution in [0.1, 0.15) is 27.6 Å². The number of para-hydroxylation sites is 2. The van der Waals surface area contributed by atoms with Crippen molar-refractivity contribution in [1.29, 1.82) is 0 Å². The molecule has 9 heteroatoms. The number of methoxy groups -OCH3 is 1. The third-order valence-corrected chi connectivity index (χ3v) is 8.61. The van der Waals surface area contributed by atoms with Crippen molar-refractivity contribution < 1.29 is 22.7 Å². The van der Waals surface area contributed by atoms with Crippen molar-refractivity contribution in [2.24, 2.45) is 0 Å². The minimum Gasteiger partial charge on any atom is -0.495 e. The van der Waals surface area contributed by atoms with Crippen LogP contribution in [0.4, 0.5) is 11.4 Å². The summed E-state index contributed by atoms with van der Waals surface area (Å²) < 4.78 is 32.3. The largest absolute Gasteiger partial charge is 0.495 e. The molecule has 186 valence electrons. The molecule has 0 aliphatic carbocycles. The first kappa shape index (κ1) is 23.9. The van der Waals surface area contributed by atoms with Crippen LogP contribution in [-0.4, -0.2) is 65.0 Å². The molecule has 0 unspecified atom stereocenters. The van der Waals surface area contributed by atoms with Gasteiger partial charge in [-0.25, -0.2) is 8.42 Å². The van der Waals surface area contributed by atoms with Crippen molar-refractivity contribution >= 4 is 33.0 Å². The number of benzene rings is 3. The zero-order chi connectivity index (χ0) is 25.4. The first-order valence-electron chi connectivity index (χ1n) is 11.8. The van der Waals surface area contributed by atoms with E-state index in [-0.39, 0.29) is 33.5 Å². The van der Waals surface area contributed by atoms with Crippen molar-refractivity contribution in [3.8, 4) is 5.75 Å². The Morgan fingerprint density at radius 2 is 1.58 bits per heavy atom. The van der Waals surface area contributed by atoms with Crippen LogP contribution in [0.25, 0.3) is 0 Å². The molecule has 3 aromatic carbocycles. The van der Waals surface area contributed by atoms with E-state index in [2.05, 4.69) is 4.90 Å². The van der Waals surface area contributed by atoms with Gasteiger partial charge in [-0.15, -0.1) is 0 Å². The molecular weight excluding hydrogens is 478 g/mol. The lowest BCUT2D eigenvalue weighted by molar-refractivity contribution is 0.0746. The Hall–Kier alpha value is -3.85. The Kier molecular flexibility index (Phi) is 6.17. The molecule has 0 aromatic heterocycles. The number of rotatable bonds is 4. The second-order valence-corrected chi connectivity index (χ2v) is 10.6. The summed E-state index contributed by atoms with van der Waals surface area (Å²) in [7, 11) is -2.29. The van der Waals surface area contributed by atoms with Crippen LogP contribution in [0.5, 0.6) is 5.75 Å². The third-order valence-electron chi connectivity index (χ3n) is 6.75. The van der Waals surface area contributed by atoms with Crippen molar-refractivity contribution in [1.82, 2.24) is 4.90 Å². The second kappa shape index (κ2) is 9.31. The number of anilines is 2. The molecule has 0 atom stereocenters. The molecule has 0 N–H and O–H groups in total. The van der Waals surface area contributed by atoms with Crippen LogP contribution in [-0.2, 0) is 9.84 Å². The van der Waals surface area contributed by atoms with E-state index in [1.54, 1.807) is 31.1 Å². The number of carbonyl (C=O) groups excluding carboxylic acids is 2. The Bertz CT molecular complexity index is 1450. The summed E-state index contributed by atoms with van der Waals surface area (Å²) in [5.41, 5.74) is 1.71. The maximum absolute atomic E-state index is 13.4. The quantitative estimate of drug-likeness (QED) is 0.540. The van der Waals surface area contributed by atoms with Crippen molar-refractivity contribution in [2.45, 2.75) is 16.7 Å². The van der Waals surface area contributed by atoms with Crippen molar-refractivity contribution in [2.75, 3.05) is 49.6 Å². The highest BCUT2D eigenvalue weighted by atomic mass is 32.2. The fourth-order valence-electron chi connectivity index (χ4n) is 4.88. The van der Waals surface area contributed by atoms with E-state index in [0.29, 0.717) is 31.7 Å². The molecule has 0 spiro atoms. The van der Waals surface area contributed by atoms with E-state index in [9.17, 15) is 18.0 Å². The molecule has 1 saturated heterocycles. The summed E-state index contributed by atoms with van der Waals surface area (Å²) >= 11 is 0. The van der Waals surface area contributed by atoms with Gasteiger partial charge in [0.2, 0.25) is 9.84 Å². The summed E-state index contributed by atoms with van der Waals surface area (Å²) in [6, 6.07) is 18.5. The molecule has 2 amide bonds. The standard InChI is InChI=1S/C27H27N3O5S/c1-3-30-22-18-19(12-13-25(22)36(33,34)24-11-7-4-8-20(24)27(30)32)26(31)29-16-14-28(15-17-29)21-9-5-6-10-23(21)35-2/h4-13,18H,3,14-17H2,1-2H3. The summed E-state index contributed by atoms with van der Waals surface area (Å²) in [6.07, 6.45) is 0. The average Bonchev–Trinajstić information content (AvgIpc) is 2.99. The first-order valence-corrected chi connectivity index (χ1v) is 13.3. The average molecular weight is 506 g/mol. The molecule has 8 nitrogen and oxygen atoms in total. The van der Waals surface area contributed by atoms with E-state index >= 15 is 0 Å². The molecule has 5 rings (SSSR count). The summed E-state index contributed by atoms with van der Waals surface area (Å²) in [6.45, 7) is 4.35. The Morgan fingerprint density at radius 1 is 0.889 bits per heavy atom. The van der Waals surface area contributed by atoms with Gasteiger partial charge >= 0.3 is 0 Å². The highest BCUT2D eigenvalue weighted by Crippen LogP contribution is 2.37. The van der Waals surface area contributed by atoms with Crippen LogP contribution in [0.2, 0.25) is 0 Å². The molecule has 0 bridgehead atoms. The van der Waals surface area contributed by atoms with Gasteiger partial charge in [0.25, 0.3) is 11.8 Å². The Balaban J connectivity index is 1.43. The molecule has 36 heavy (non-hydrogen) atoms. The van der Waals surface area contributed by atoms with E-state index in [1.807, 2.05) is 24.3 Å². The van der Waals surface area contributed by atoms with E-state index in [1.165, 1.54) is 35.2 Å². The lowest BCUT2D eigenvalue weighted by Crippen LogP contribution is -2.48. The van der Waals surface area contributed by atoms with Gasteiger partial charge in [0.05, 0.1) is 33.8 Å². The maximum Gasteiger partial charge on any atom is 0.259 e. The summed E-state index contributed by atoms with van der Waals surface area (Å²) in [5.74, 6) is 0.195. The Labute approximate surface area is 210 Å². The van der Waals surface area contributed by atoms with E-state index < -0.39 is 15.7 Å². The van der Waals surface area contributed by atoms with Gasteiger partial charge in [-0.1, -0.05) is 24.3 Å². The van der Waals surface area contributed by atoms with Crippen LogP contribution in [0.15, 0.2) is 76.5 Å². The molecule has 2 heterocycles. The number of amides is 2. The van der Waals surface area contributed by atoms with Crippen LogP contribution in [0, 0.1) is 0 Å². The van der Waals surface area contributed by atoms with Gasteiger partial charge < -0.3 is 19.4 Å². The highest BCUT2D eigenvalue weighted by molar-refractivity contribution is 7.91. The summed E-state index contributed by atoms with van der Waals surface area (Å²) in [5, 5.41) is 0. The number of nitrogens with zero attached hydrogens (tertiary/aromatic N) is 3. The van der Waals surface area contributed by atoms with Crippen LogP contribution >= 0.6 is 0 Å². The molecule has 3 aromatic rings. The lowest BCUT2D eigenvalue weighted by atomic mass is 10.1. The number of fused-ring (bicyclic) bond motifs is 2. The Morgan fingerprint density at radius 3 is 2.31 bits per heavy atom.